The molecule has 3 aliphatic rings. The van der Waals surface area contributed by atoms with E-state index in [2.05, 4.69) is 54.6 Å². The molecule has 3 saturated heterocycles. The number of nitrogens with one attached hydrogen (secondary N) is 2. The summed E-state index contributed by atoms with van der Waals surface area (Å²) in [5.74, 6) is 1.12. The van der Waals surface area contributed by atoms with Crippen molar-refractivity contribution < 1.29 is 9.59 Å². The predicted molar refractivity (Wildman–Crippen MR) is 177 cm³/mol. The van der Waals surface area contributed by atoms with Crippen LogP contribution in [0.25, 0.3) is 0 Å². The number of aromatic nitrogens is 2. The number of halogens is 1. The lowest BCUT2D eigenvalue weighted by atomic mass is 9.99. The number of carbonyl (C=O) groups excluding carboxylic acids is 2. The third kappa shape index (κ3) is 7.25. The van der Waals surface area contributed by atoms with Gasteiger partial charge in [-0.1, -0.05) is 18.0 Å². The van der Waals surface area contributed by atoms with Gasteiger partial charge in [0.1, 0.15) is 5.02 Å². The number of hydrogen-bond acceptors (Lipinski definition) is 8. The largest absolute Gasteiger partial charge is 0.371 e. The Kier molecular flexibility index (Phi) is 9.47. The number of piperazine rings is 1. The SMILES string of the molecule is CC(=O)c1ccc(NC(=O)N2CCN(c3nc(Nc4ccc(N5CCC(N6CCCCC6)CC5)cc4)ncc3Cl)CC2)cc1. The first kappa shape index (κ1) is 30.1. The van der Waals surface area contributed by atoms with Crippen molar-refractivity contribution in [2.45, 2.75) is 45.1 Å². The lowest BCUT2D eigenvalue weighted by Gasteiger charge is -2.41. The molecule has 0 unspecified atom stereocenters. The Morgan fingerprint density at radius 3 is 2.11 bits per heavy atom. The number of anilines is 5. The van der Waals surface area contributed by atoms with E-state index in [-0.39, 0.29) is 11.8 Å². The maximum atomic E-state index is 12.8. The second kappa shape index (κ2) is 13.8. The summed E-state index contributed by atoms with van der Waals surface area (Å²) < 4.78 is 0. The highest BCUT2D eigenvalue weighted by molar-refractivity contribution is 6.32. The molecule has 44 heavy (non-hydrogen) atoms. The summed E-state index contributed by atoms with van der Waals surface area (Å²) in [4.78, 5) is 42.5. The fourth-order valence-corrected chi connectivity index (χ4v) is 6.62. The standard InChI is InChI=1S/C33H41ClN8O2/c1-24(43)25-5-7-27(8-6-25)37-33(44)42-21-19-41(20-22-42)31-30(34)23-35-32(38-31)36-26-9-11-28(12-10-26)40-17-13-29(14-18-40)39-15-3-2-4-16-39/h5-12,23,29H,2-4,13-22H2,1H3,(H,37,44)(H,35,36,38). The van der Waals surface area contributed by atoms with Crippen molar-refractivity contribution in [3.8, 4) is 0 Å². The molecule has 0 bridgehead atoms. The minimum atomic E-state index is -0.175. The minimum Gasteiger partial charge on any atom is -0.371 e. The van der Waals surface area contributed by atoms with E-state index in [0.717, 1.165) is 24.8 Å². The summed E-state index contributed by atoms with van der Waals surface area (Å²) in [6.45, 7) is 8.50. The molecular weight excluding hydrogens is 576 g/mol. The molecule has 0 aliphatic carbocycles. The number of Topliss-reactive ketones (excluding diaryl/α,β-unsaturated/α-hetero) is 1. The van der Waals surface area contributed by atoms with E-state index < -0.39 is 0 Å². The number of nitrogens with zero attached hydrogens (tertiary/aromatic N) is 6. The zero-order valence-electron chi connectivity index (χ0n) is 25.3. The molecule has 0 spiro atoms. The molecule has 3 fully saturated rings. The van der Waals surface area contributed by atoms with Gasteiger partial charge < -0.3 is 30.2 Å². The number of rotatable bonds is 7. The third-order valence-electron chi connectivity index (χ3n) is 8.99. The molecule has 10 nitrogen and oxygen atoms in total. The molecular formula is C33H41ClN8O2. The van der Waals surface area contributed by atoms with Crippen molar-refractivity contribution in [1.29, 1.82) is 0 Å². The fraction of sp³-hybridized carbons (Fsp3) is 0.455. The summed E-state index contributed by atoms with van der Waals surface area (Å²) in [7, 11) is 0. The predicted octanol–water partition coefficient (Wildman–Crippen LogP) is 5.89. The van der Waals surface area contributed by atoms with E-state index >= 15 is 0 Å². The molecule has 0 radical (unpaired) electrons. The van der Waals surface area contributed by atoms with Crippen molar-refractivity contribution in [3.63, 3.8) is 0 Å². The van der Waals surface area contributed by atoms with Crippen LogP contribution in [0.3, 0.4) is 0 Å². The number of likely N-dealkylation sites (tertiary alicyclic amines) is 1. The van der Waals surface area contributed by atoms with E-state index in [0.29, 0.717) is 54.2 Å². The number of piperidine rings is 2. The highest BCUT2D eigenvalue weighted by atomic mass is 35.5. The van der Waals surface area contributed by atoms with Crippen LogP contribution in [0.2, 0.25) is 5.02 Å². The topological polar surface area (TPSA) is 96.9 Å². The average Bonchev–Trinajstić information content (AvgIpc) is 3.07. The molecule has 0 saturated carbocycles. The van der Waals surface area contributed by atoms with Crippen LogP contribution >= 0.6 is 11.6 Å². The van der Waals surface area contributed by atoms with Crippen LogP contribution < -0.4 is 20.4 Å². The summed E-state index contributed by atoms with van der Waals surface area (Å²) in [5, 5.41) is 6.71. The summed E-state index contributed by atoms with van der Waals surface area (Å²) in [6, 6.07) is 16.0. The van der Waals surface area contributed by atoms with Crippen LogP contribution in [0.1, 0.15) is 49.4 Å². The van der Waals surface area contributed by atoms with Crippen LogP contribution in [0, 0.1) is 0 Å². The molecule has 4 heterocycles. The van der Waals surface area contributed by atoms with E-state index in [1.165, 1.54) is 57.8 Å². The Balaban J connectivity index is 1.00. The molecule has 2 aromatic carbocycles. The highest BCUT2D eigenvalue weighted by Crippen LogP contribution is 2.28. The molecule has 3 aliphatic heterocycles. The molecule has 2 N–H and O–H groups in total. The van der Waals surface area contributed by atoms with Crippen molar-refractivity contribution >= 4 is 52.2 Å². The van der Waals surface area contributed by atoms with E-state index in [1.54, 1.807) is 35.4 Å². The zero-order valence-corrected chi connectivity index (χ0v) is 26.1. The second-order valence-electron chi connectivity index (χ2n) is 11.9. The van der Waals surface area contributed by atoms with Crippen LogP contribution in [0.4, 0.5) is 33.6 Å². The first-order valence-corrected chi connectivity index (χ1v) is 16.1. The minimum absolute atomic E-state index is 0.00688. The first-order valence-electron chi connectivity index (χ1n) is 15.7. The van der Waals surface area contributed by atoms with Gasteiger partial charge in [0.15, 0.2) is 11.6 Å². The maximum Gasteiger partial charge on any atom is 0.321 e. The van der Waals surface area contributed by atoms with Gasteiger partial charge in [0.2, 0.25) is 5.95 Å². The number of carbonyl (C=O) groups is 2. The van der Waals surface area contributed by atoms with Gasteiger partial charge in [0, 0.05) is 67.9 Å². The number of benzene rings is 2. The smallest absolute Gasteiger partial charge is 0.321 e. The number of urea groups is 1. The van der Waals surface area contributed by atoms with Gasteiger partial charge in [0.25, 0.3) is 0 Å². The van der Waals surface area contributed by atoms with E-state index in [1.807, 2.05) is 0 Å². The number of ketones is 1. The van der Waals surface area contributed by atoms with E-state index in [4.69, 9.17) is 16.6 Å². The number of amides is 2. The van der Waals surface area contributed by atoms with Crippen molar-refractivity contribution in [2.75, 3.05) is 72.8 Å². The van der Waals surface area contributed by atoms with Crippen molar-refractivity contribution in [3.05, 3.63) is 65.3 Å². The van der Waals surface area contributed by atoms with Gasteiger partial charge in [-0.05, 0) is 94.2 Å². The second-order valence-corrected chi connectivity index (χ2v) is 12.3. The van der Waals surface area contributed by atoms with Crippen molar-refractivity contribution in [2.24, 2.45) is 0 Å². The zero-order chi connectivity index (χ0) is 30.5. The van der Waals surface area contributed by atoms with Gasteiger partial charge in [-0.15, -0.1) is 0 Å². The molecule has 6 rings (SSSR count). The fourth-order valence-electron chi connectivity index (χ4n) is 6.41. The Labute approximate surface area is 264 Å². The normalized spacial score (nSPS) is 18.3. The molecule has 2 amide bonds. The maximum absolute atomic E-state index is 12.8. The van der Waals surface area contributed by atoms with Crippen LogP contribution in [-0.4, -0.2) is 90.0 Å². The Hall–Kier alpha value is -3.89. The lowest BCUT2D eigenvalue weighted by Crippen LogP contribution is -2.50. The molecule has 3 aromatic rings. The van der Waals surface area contributed by atoms with Gasteiger partial charge in [0.05, 0.1) is 6.20 Å². The van der Waals surface area contributed by atoms with Gasteiger partial charge >= 0.3 is 6.03 Å². The van der Waals surface area contributed by atoms with Crippen LogP contribution in [-0.2, 0) is 0 Å². The van der Waals surface area contributed by atoms with Crippen molar-refractivity contribution in [1.82, 2.24) is 19.8 Å². The van der Waals surface area contributed by atoms with Gasteiger partial charge in [-0.3, -0.25) is 4.79 Å². The third-order valence-corrected chi connectivity index (χ3v) is 9.26. The Morgan fingerprint density at radius 1 is 0.795 bits per heavy atom. The lowest BCUT2D eigenvalue weighted by molar-refractivity contribution is 0.101. The molecule has 0 atom stereocenters. The molecule has 11 heteroatoms. The monoisotopic (exact) mass is 616 g/mol. The van der Waals surface area contributed by atoms with E-state index in [9.17, 15) is 9.59 Å². The first-order chi connectivity index (χ1) is 21.4. The Morgan fingerprint density at radius 2 is 1.45 bits per heavy atom. The summed E-state index contributed by atoms with van der Waals surface area (Å²) >= 11 is 6.52. The number of hydrogen-bond donors (Lipinski definition) is 2. The molecule has 232 valence electrons. The molecule has 1 aromatic heterocycles. The average molecular weight is 617 g/mol. The van der Waals surface area contributed by atoms with Crippen LogP contribution in [0.15, 0.2) is 54.7 Å². The van der Waals surface area contributed by atoms with Gasteiger partial charge in [-0.2, -0.15) is 4.98 Å². The summed E-state index contributed by atoms with van der Waals surface area (Å²) in [6.07, 6.45) is 8.18. The summed E-state index contributed by atoms with van der Waals surface area (Å²) in [5.41, 5.74) is 3.44. The van der Waals surface area contributed by atoms with Gasteiger partial charge in [-0.25, -0.2) is 9.78 Å². The highest BCUT2D eigenvalue weighted by Gasteiger charge is 2.26. The Bertz CT molecular complexity index is 1430. The van der Waals surface area contributed by atoms with Crippen LogP contribution in [0.5, 0.6) is 0 Å². The quantitative estimate of drug-likeness (QED) is 0.318.